The van der Waals surface area contributed by atoms with Crippen LogP contribution < -0.4 is 26.6 Å². The molecule has 13 nitrogen and oxygen atoms in total. The van der Waals surface area contributed by atoms with Gasteiger partial charge < -0.3 is 31.7 Å². The van der Waals surface area contributed by atoms with E-state index in [1.807, 2.05) is 6.92 Å². The highest BCUT2D eigenvalue weighted by Gasteiger charge is 2.29. The van der Waals surface area contributed by atoms with E-state index >= 15 is 0 Å². The summed E-state index contributed by atoms with van der Waals surface area (Å²) in [6.45, 7) is 8.71. The number of ketones is 1. The highest BCUT2D eigenvalue weighted by molar-refractivity contribution is 6.38. The number of amides is 5. The van der Waals surface area contributed by atoms with Gasteiger partial charge in [0.25, 0.3) is 5.91 Å². The van der Waals surface area contributed by atoms with Crippen LogP contribution in [-0.2, 0) is 33.6 Å². The summed E-state index contributed by atoms with van der Waals surface area (Å²) in [7, 11) is 0. The molecular weight excluding hydrogens is 450 g/mol. The maximum atomic E-state index is 12.5. The topological polar surface area (TPSA) is 200 Å². The molecule has 5 atom stereocenters. The molecule has 0 saturated carbocycles. The molecule has 5 amide bonds. The summed E-state index contributed by atoms with van der Waals surface area (Å²) in [6.07, 6.45) is 0.255. The lowest BCUT2D eigenvalue weighted by Gasteiger charge is -2.25. The molecule has 0 aliphatic rings. The van der Waals surface area contributed by atoms with Gasteiger partial charge in [-0.05, 0) is 26.7 Å². The van der Waals surface area contributed by atoms with Crippen LogP contribution in [0, 0.1) is 5.92 Å². The number of hydrogen-bond donors (Lipinski definition) is 6. The van der Waals surface area contributed by atoms with Gasteiger partial charge >= 0.3 is 5.97 Å². The minimum absolute atomic E-state index is 0.177. The lowest BCUT2D eigenvalue weighted by molar-refractivity contribution is -0.140. The summed E-state index contributed by atoms with van der Waals surface area (Å²) in [5.74, 6) is -5.70. The average Bonchev–Trinajstić information content (AvgIpc) is 2.75. The maximum absolute atomic E-state index is 12.5. The van der Waals surface area contributed by atoms with E-state index in [2.05, 4.69) is 26.6 Å². The number of carbonyl (C=O) groups excluding carboxylic acids is 6. The normalized spacial score (nSPS) is 14.9. The molecule has 13 heteroatoms. The fourth-order valence-electron chi connectivity index (χ4n) is 2.66. The number of nitrogens with one attached hydrogen (secondary N) is 5. The smallest absolute Gasteiger partial charge is 0.305 e. The molecule has 1 unspecified atom stereocenters. The SMILES string of the molecule is CC[C@@H](C)[C@H](NC(C)=O)C(=O)N[C@@H](C)C(=O)N[C@H](C)C(=O)NC(C)C(=O)C(=O)NCCC(=O)O. The van der Waals surface area contributed by atoms with Crippen LogP contribution in [0.15, 0.2) is 0 Å². The van der Waals surface area contributed by atoms with Gasteiger partial charge in [0.2, 0.25) is 29.4 Å². The summed E-state index contributed by atoms with van der Waals surface area (Å²) in [5, 5.41) is 20.4. The van der Waals surface area contributed by atoms with Crippen LogP contribution in [0.25, 0.3) is 0 Å². The number of aliphatic carboxylic acids is 1. The predicted molar refractivity (Wildman–Crippen MR) is 120 cm³/mol. The van der Waals surface area contributed by atoms with Crippen LogP contribution in [0.1, 0.15) is 54.4 Å². The molecule has 192 valence electrons. The van der Waals surface area contributed by atoms with E-state index in [1.165, 1.54) is 27.7 Å². The molecule has 6 N–H and O–H groups in total. The van der Waals surface area contributed by atoms with E-state index in [0.29, 0.717) is 6.42 Å². The highest BCUT2D eigenvalue weighted by Crippen LogP contribution is 2.08. The van der Waals surface area contributed by atoms with Crippen LogP contribution >= 0.6 is 0 Å². The standard InChI is InChI=1S/C21H35N5O8/c1-7-10(2)16(26-14(6)27)20(33)25-13(5)19(32)24-12(4)18(31)23-11(3)17(30)21(34)22-9-8-15(28)29/h10-13,16H,7-9H2,1-6H3,(H,22,34)(H,23,31)(H,24,32)(H,25,33)(H,26,27)(H,28,29)/t10-,11?,12-,13+,16+/m1/s1. The molecule has 0 aromatic carbocycles. The van der Waals surface area contributed by atoms with Crippen molar-refractivity contribution >= 4 is 41.3 Å². The third kappa shape index (κ3) is 10.9. The zero-order chi connectivity index (χ0) is 26.6. The van der Waals surface area contributed by atoms with Crippen LogP contribution in [0.3, 0.4) is 0 Å². The van der Waals surface area contributed by atoms with Crippen molar-refractivity contribution < 1.29 is 38.7 Å². The summed E-state index contributed by atoms with van der Waals surface area (Å²) in [6, 6.07) is -4.17. The number of hydrogen-bond acceptors (Lipinski definition) is 7. The largest absolute Gasteiger partial charge is 0.481 e. The Morgan fingerprint density at radius 1 is 0.735 bits per heavy atom. The molecule has 0 aliphatic carbocycles. The van der Waals surface area contributed by atoms with E-state index in [9.17, 15) is 33.6 Å². The first-order chi connectivity index (χ1) is 15.7. The van der Waals surface area contributed by atoms with Gasteiger partial charge in [-0.1, -0.05) is 20.3 Å². The summed E-state index contributed by atoms with van der Waals surface area (Å²) >= 11 is 0. The van der Waals surface area contributed by atoms with E-state index in [-0.39, 0.29) is 24.8 Å². The molecule has 0 spiro atoms. The first-order valence-corrected chi connectivity index (χ1v) is 10.9. The lowest BCUT2D eigenvalue weighted by Crippen LogP contribution is -2.57. The maximum Gasteiger partial charge on any atom is 0.305 e. The van der Waals surface area contributed by atoms with Crippen molar-refractivity contribution in [1.29, 1.82) is 0 Å². The minimum Gasteiger partial charge on any atom is -0.481 e. The second-order valence-corrected chi connectivity index (χ2v) is 8.02. The van der Waals surface area contributed by atoms with Gasteiger partial charge in [0.05, 0.1) is 12.5 Å². The molecule has 0 aromatic rings. The van der Waals surface area contributed by atoms with E-state index in [0.717, 1.165) is 0 Å². The molecule has 0 rings (SSSR count). The molecule has 0 heterocycles. The second kappa shape index (κ2) is 14.6. The lowest BCUT2D eigenvalue weighted by atomic mass is 9.98. The van der Waals surface area contributed by atoms with Gasteiger partial charge in [0.15, 0.2) is 0 Å². The Hall–Kier alpha value is -3.51. The van der Waals surface area contributed by atoms with Gasteiger partial charge in [-0.2, -0.15) is 0 Å². The number of carboxylic acid groups (broad SMARTS) is 1. The summed E-state index contributed by atoms with van der Waals surface area (Å²) in [4.78, 5) is 82.8. The monoisotopic (exact) mass is 485 g/mol. The van der Waals surface area contributed by atoms with Crippen molar-refractivity contribution in [2.45, 2.75) is 78.6 Å². The Labute approximate surface area is 198 Å². The Balaban J connectivity index is 4.80. The zero-order valence-corrected chi connectivity index (χ0v) is 20.3. The van der Waals surface area contributed by atoms with Crippen molar-refractivity contribution in [3.05, 3.63) is 0 Å². The van der Waals surface area contributed by atoms with Gasteiger partial charge in [-0.25, -0.2) is 0 Å². The highest BCUT2D eigenvalue weighted by atomic mass is 16.4. The molecule has 0 aliphatic heterocycles. The molecule has 0 bridgehead atoms. The fourth-order valence-corrected chi connectivity index (χ4v) is 2.66. The van der Waals surface area contributed by atoms with Gasteiger partial charge in [0.1, 0.15) is 18.1 Å². The average molecular weight is 486 g/mol. The number of carbonyl (C=O) groups is 7. The molecule has 0 fully saturated rings. The second-order valence-electron chi connectivity index (χ2n) is 8.02. The molecular formula is C21H35N5O8. The fraction of sp³-hybridized carbons (Fsp3) is 0.667. The number of Topliss-reactive ketones (excluding diaryl/α,β-unsaturated/α-hetero) is 1. The first kappa shape index (κ1) is 30.5. The first-order valence-electron chi connectivity index (χ1n) is 10.9. The van der Waals surface area contributed by atoms with Crippen molar-refractivity contribution in [2.24, 2.45) is 5.92 Å². The van der Waals surface area contributed by atoms with Crippen LogP contribution in [0.4, 0.5) is 0 Å². The number of carboxylic acids is 1. The quantitative estimate of drug-likeness (QED) is 0.155. The van der Waals surface area contributed by atoms with Crippen LogP contribution in [0.2, 0.25) is 0 Å². The Kier molecular flexibility index (Phi) is 13.1. The third-order valence-corrected chi connectivity index (χ3v) is 4.96. The molecule has 0 saturated heterocycles. The Bertz CT molecular complexity index is 800. The molecule has 34 heavy (non-hydrogen) atoms. The van der Waals surface area contributed by atoms with Crippen molar-refractivity contribution in [3.63, 3.8) is 0 Å². The van der Waals surface area contributed by atoms with E-state index < -0.39 is 59.5 Å². The minimum atomic E-state index is -1.22. The van der Waals surface area contributed by atoms with Gasteiger partial charge in [-0.15, -0.1) is 0 Å². The Morgan fingerprint density at radius 3 is 1.65 bits per heavy atom. The van der Waals surface area contributed by atoms with Crippen LogP contribution in [0.5, 0.6) is 0 Å². The van der Waals surface area contributed by atoms with Crippen LogP contribution in [-0.4, -0.2) is 77.1 Å². The molecule has 0 aromatic heterocycles. The van der Waals surface area contributed by atoms with Crippen molar-refractivity contribution in [2.75, 3.05) is 6.54 Å². The number of rotatable bonds is 14. The van der Waals surface area contributed by atoms with Gasteiger partial charge in [0, 0.05) is 13.5 Å². The summed E-state index contributed by atoms with van der Waals surface area (Å²) in [5.41, 5.74) is 0. The third-order valence-electron chi connectivity index (χ3n) is 4.96. The molecule has 0 radical (unpaired) electrons. The van der Waals surface area contributed by atoms with Crippen molar-refractivity contribution in [3.8, 4) is 0 Å². The van der Waals surface area contributed by atoms with E-state index in [4.69, 9.17) is 5.11 Å². The van der Waals surface area contributed by atoms with E-state index in [1.54, 1.807) is 6.92 Å². The zero-order valence-electron chi connectivity index (χ0n) is 20.3. The predicted octanol–water partition coefficient (Wildman–Crippen LogP) is -1.79. The Morgan fingerprint density at radius 2 is 1.21 bits per heavy atom. The summed E-state index contributed by atoms with van der Waals surface area (Å²) < 4.78 is 0. The van der Waals surface area contributed by atoms with Crippen molar-refractivity contribution in [1.82, 2.24) is 26.6 Å². The van der Waals surface area contributed by atoms with Gasteiger partial charge in [-0.3, -0.25) is 33.6 Å².